The van der Waals surface area contributed by atoms with Crippen LogP contribution in [0.4, 0.5) is 0 Å². The Bertz CT molecular complexity index is 305. The molecule has 24 heavy (non-hydrogen) atoms. The van der Waals surface area contributed by atoms with Gasteiger partial charge in [-0.1, -0.05) is 101 Å². The fourth-order valence-corrected chi connectivity index (χ4v) is 2.85. The minimum atomic E-state index is 0.358. The van der Waals surface area contributed by atoms with Crippen molar-refractivity contribution in [2.45, 2.75) is 96.3 Å². The van der Waals surface area contributed by atoms with E-state index in [1.54, 1.807) is 6.08 Å². The number of allylic oxidation sites excluding steroid dienone is 5. The smallest absolute Gasteiger partial charge is 0.0791 e. The van der Waals surface area contributed by atoms with Crippen molar-refractivity contribution in [2.75, 3.05) is 6.61 Å². The second kappa shape index (κ2) is 22.0. The van der Waals surface area contributed by atoms with Gasteiger partial charge in [0.2, 0.25) is 0 Å². The van der Waals surface area contributed by atoms with Crippen molar-refractivity contribution in [3.05, 3.63) is 36.6 Å². The largest absolute Gasteiger partial charge is 0.516 e. The van der Waals surface area contributed by atoms with Crippen molar-refractivity contribution in [1.29, 1.82) is 0 Å². The molecule has 0 aliphatic carbocycles. The van der Waals surface area contributed by atoms with Gasteiger partial charge in [0.05, 0.1) is 6.26 Å². The summed E-state index contributed by atoms with van der Waals surface area (Å²) < 4.78 is 0. The Labute approximate surface area is 150 Å². The van der Waals surface area contributed by atoms with Crippen LogP contribution in [0, 0.1) is 0 Å². The molecule has 0 amide bonds. The van der Waals surface area contributed by atoms with E-state index in [2.05, 4.69) is 6.08 Å². The van der Waals surface area contributed by atoms with E-state index in [0.29, 0.717) is 6.61 Å². The van der Waals surface area contributed by atoms with Gasteiger partial charge in [-0.05, 0) is 25.3 Å². The molecule has 0 saturated carbocycles. The minimum Gasteiger partial charge on any atom is -0.516 e. The Morgan fingerprint density at radius 2 is 0.875 bits per heavy atom. The molecule has 2 N–H and O–H groups in total. The number of aliphatic hydroxyl groups excluding tert-OH is 2. The molecule has 0 aromatic heterocycles. The quantitative estimate of drug-likeness (QED) is 0.160. The van der Waals surface area contributed by atoms with E-state index in [1.807, 2.05) is 18.2 Å². The van der Waals surface area contributed by atoms with Crippen LogP contribution in [0.3, 0.4) is 0 Å². The van der Waals surface area contributed by atoms with E-state index in [-0.39, 0.29) is 0 Å². The SMILES string of the molecule is OC=CC=CC=CCCCCCCCCCCCCCCCCO. The zero-order valence-electron chi connectivity index (χ0n) is 15.7. The number of rotatable bonds is 18. The van der Waals surface area contributed by atoms with Gasteiger partial charge >= 0.3 is 0 Å². The van der Waals surface area contributed by atoms with Crippen LogP contribution in [-0.4, -0.2) is 16.8 Å². The van der Waals surface area contributed by atoms with Gasteiger partial charge in [0, 0.05) is 6.61 Å². The molecular weight excluding hydrogens is 296 g/mol. The van der Waals surface area contributed by atoms with Crippen LogP contribution in [0.5, 0.6) is 0 Å². The third kappa shape index (κ3) is 21.0. The number of hydrogen-bond donors (Lipinski definition) is 2. The number of unbranched alkanes of at least 4 members (excludes halogenated alkanes) is 14. The second-order valence-electron chi connectivity index (χ2n) is 6.62. The van der Waals surface area contributed by atoms with Gasteiger partial charge in [0.1, 0.15) is 0 Å². The maximum absolute atomic E-state index is 8.70. The van der Waals surface area contributed by atoms with Crippen LogP contribution >= 0.6 is 0 Å². The average molecular weight is 337 g/mol. The van der Waals surface area contributed by atoms with E-state index in [9.17, 15) is 0 Å². The lowest BCUT2D eigenvalue weighted by Crippen LogP contribution is -1.85. The highest BCUT2D eigenvalue weighted by atomic mass is 16.3. The minimum absolute atomic E-state index is 0.358. The van der Waals surface area contributed by atoms with Crippen LogP contribution in [0.1, 0.15) is 96.3 Å². The summed E-state index contributed by atoms with van der Waals surface area (Å²) in [4.78, 5) is 0. The van der Waals surface area contributed by atoms with E-state index >= 15 is 0 Å². The highest BCUT2D eigenvalue weighted by molar-refractivity contribution is 5.09. The van der Waals surface area contributed by atoms with Crippen molar-refractivity contribution in [1.82, 2.24) is 0 Å². The lowest BCUT2D eigenvalue weighted by atomic mass is 10.0. The summed E-state index contributed by atoms with van der Waals surface area (Å²) in [6.45, 7) is 0.358. The summed E-state index contributed by atoms with van der Waals surface area (Å²) in [5.74, 6) is 0. The molecule has 0 aliphatic heterocycles. The summed E-state index contributed by atoms with van der Waals surface area (Å²) in [5, 5.41) is 17.2. The molecular formula is C22H40O2. The summed E-state index contributed by atoms with van der Waals surface area (Å²) in [6, 6.07) is 0. The average Bonchev–Trinajstić information content (AvgIpc) is 2.60. The van der Waals surface area contributed by atoms with Crippen molar-refractivity contribution in [3.63, 3.8) is 0 Å². The van der Waals surface area contributed by atoms with Crippen LogP contribution in [0.15, 0.2) is 36.6 Å². The molecule has 0 saturated heterocycles. The van der Waals surface area contributed by atoms with Crippen LogP contribution in [0.25, 0.3) is 0 Å². The van der Waals surface area contributed by atoms with Gasteiger partial charge in [-0.3, -0.25) is 0 Å². The predicted octanol–water partition coefficient (Wildman–Crippen LogP) is 7.01. The molecule has 0 unspecified atom stereocenters. The topological polar surface area (TPSA) is 40.5 Å². The van der Waals surface area contributed by atoms with Gasteiger partial charge in [-0.25, -0.2) is 0 Å². The van der Waals surface area contributed by atoms with Crippen LogP contribution in [0.2, 0.25) is 0 Å². The first-order valence-electron chi connectivity index (χ1n) is 10.1. The van der Waals surface area contributed by atoms with Gasteiger partial charge in [0.25, 0.3) is 0 Å². The number of aliphatic hydroxyl groups is 2. The maximum Gasteiger partial charge on any atom is 0.0791 e. The number of hydrogen-bond acceptors (Lipinski definition) is 2. The highest BCUT2D eigenvalue weighted by Gasteiger charge is 1.94. The Morgan fingerprint density at radius 1 is 0.458 bits per heavy atom. The second-order valence-corrected chi connectivity index (χ2v) is 6.62. The first-order valence-corrected chi connectivity index (χ1v) is 10.1. The molecule has 140 valence electrons. The molecule has 0 atom stereocenters. The predicted molar refractivity (Wildman–Crippen MR) is 106 cm³/mol. The maximum atomic E-state index is 8.70. The Balaban J connectivity index is 3.07. The lowest BCUT2D eigenvalue weighted by molar-refractivity contribution is 0.282. The van der Waals surface area contributed by atoms with E-state index < -0.39 is 0 Å². The molecule has 0 spiro atoms. The Hall–Kier alpha value is -1.02. The lowest BCUT2D eigenvalue weighted by Gasteiger charge is -2.03. The van der Waals surface area contributed by atoms with Crippen molar-refractivity contribution >= 4 is 0 Å². The van der Waals surface area contributed by atoms with Crippen molar-refractivity contribution in [3.8, 4) is 0 Å². The Morgan fingerprint density at radius 3 is 1.33 bits per heavy atom. The molecule has 0 aliphatic rings. The fraction of sp³-hybridized carbons (Fsp3) is 0.727. The van der Waals surface area contributed by atoms with Gasteiger partial charge < -0.3 is 10.2 Å². The monoisotopic (exact) mass is 336 g/mol. The molecule has 2 heteroatoms. The summed E-state index contributed by atoms with van der Waals surface area (Å²) in [7, 11) is 0. The van der Waals surface area contributed by atoms with Crippen molar-refractivity contribution in [2.24, 2.45) is 0 Å². The summed E-state index contributed by atoms with van der Waals surface area (Å²) in [5.41, 5.74) is 0. The first kappa shape index (κ1) is 23.0. The molecule has 2 nitrogen and oxygen atoms in total. The van der Waals surface area contributed by atoms with E-state index in [0.717, 1.165) is 19.1 Å². The third-order valence-electron chi connectivity index (χ3n) is 4.33. The first-order chi connectivity index (χ1) is 11.9. The van der Waals surface area contributed by atoms with E-state index in [4.69, 9.17) is 10.2 Å². The molecule has 0 heterocycles. The van der Waals surface area contributed by atoms with Crippen molar-refractivity contribution < 1.29 is 10.2 Å². The van der Waals surface area contributed by atoms with Crippen LogP contribution < -0.4 is 0 Å². The molecule has 0 aromatic carbocycles. The van der Waals surface area contributed by atoms with Gasteiger partial charge in [0.15, 0.2) is 0 Å². The zero-order chi connectivity index (χ0) is 17.6. The van der Waals surface area contributed by atoms with Crippen LogP contribution in [-0.2, 0) is 0 Å². The van der Waals surface area contributed by atoms with E-state index in [1.165, 1.54) is 83.5 Å². The molecule has 0 fully saturated rings. The normalized spacial score (nSPS) is 12.2. The molecule has 0 bridgehead atoms. The zero-order valence-corrected chi connectivity index (χ0v) is 15.7. The molecule has 0 aromatic rings. The Kier molecular flexibility index (Phi) is 21.0. The third-order valence-corrected chi connectivity index (χ3v) is 4.33. The molecule has 0 radical (unpaired) electrons. The van der Waals surface area contributed by atoms with Gasteiger partial charge in [-0.2, -0.15) is 0 Å². The summed E-state index contributed by atoms with van der Waals surface area (Å²) in [6.07, 6.45) is 30.5. The highest BCUT2D eigenvalue weighted by Crippen LogP contribution is 2.13. The summed E-state index contributed by atoms with van der Waals surface area (Å²) >= 11 is 0. The van der Waals surface area contributed by atoms with Gasteiger partial charge in [-0.15, -0.1) is 0 Å². The fourth-order valence-electron chi connectivity index (χ4n) is 2.85. The standard InChI is InChI=1S/C22H40O2/c23-21-19-17-15-13-11-9-7-5-3-1-2-4-6-8-10-12-14-16-18-20-22-24/h11,13,15,17,19,21,23-24H,1-10,12,14,16,18,20,22H2. The molecule has 0 rings (SSSR count).